The summed E-state index contributed by atoms with van der Waals surface area (Å²) in [5.74, 6) is -1.90. The first-order chi connectivity index (χ1) is 10.5. The van der Waals surface area contributed by atoms with E-state index in [4.69, 9.17) is 18.9 Å². The topological polar surface area (TPSA) is 71.1 Å². The quantitative estimate of drug-likeness (QED) is 0.571. The molecular formula is C16H26O6. The summed E-state index contributed by atoms with van der Waals surface area (Å²) in [6, 6.07) is 0. The number of rotatable bonds is 5. The Bertz CT molecular complexity index is 395. The molecule has 1 heterocycles. The van der Waals surface area contributed by atoms with Crippen LogP contribution in [0.5, 0.6) is 0 Å². The van der Waals surface area contributed by atoms with Gasteiger partial charge in [0.15, 0.2) is 11.2 Å². The highest BCUT2D eigenvalue weighted by atomic mass is 16.7. The number of hydrogen-bond acceptors (Lipinski definition) is 6. The summed E-state index contributed by atoms with van der Waals surface area (Å²) in [7, 11) is 0. The molecular weight excluding hydrogens is 288 g/mol. The van der Waals surface area contributed by atoms with Crippen LogP contribution in [0.15, 0.2) is 0 Å². The predicted molar refractivity (Wildman–Crippen MR) is 78.0 cm³/mol. The molecule has 6 nitrogen and oxygen atoms in total. The minimum absolute atomic E-state index is 0.211. The number of carbonyl (C=O) groups is 2. The Morgan fingerprint density at radius 1 is 1.14 bits per heavy atom. The van der Waals surface area contributed by atoms with Gasteiger partial charge in [-0.25, -0.2) is 0 Å². The van der Waals surface area contributed by atoms with Gasteiger partial charge in [-0.2, -0.15) is 0 Å². The molecule has 2 aliphatic rings. The van der Waals surface area contributed by atoms with Gasteiger partial charge in [-0.05, 0) is 39.5 Å². The van der Waals surface area contributed by atoms with Gasteiger partial charge in [-0.15, -0.1) is 0 Å². The van der Waals surface area contributed by atoms with E-state index in [1.807, 2.05) is 0 Å². The van der Waals surface area contributed by atoms with Gasteiger partial charge in [0.05, 0.1) is 26.4 Å². The maximum atomic E-state index is 12.5. The highest BCUT2D eigenvalue weighted by Gasteiger charge is 2.55. The summed E-state index contributed by atoms with van der Waals surface area (Å²) < 4.78 is 21.8. The Hall–Kier alpha value is -1.14. The number of carbonyl (C=O) groups excluding carboxylic acids is 2. The van der Waals surface area contributed by atoms with Crippen molar-refractivity contribution in [1.29, 1.82) is 0 Å². The maximum absolute atomic E-state index is 12.5. The van der Waals surface area contributed by atoms with Crippen LogP contribution < -0.4 is 0 Å². The summed E-state index contributed by atoms with van der Waals surface area (Å²) in [5.41, 5.74) is -1.31. The monoisotopic (exact) mass is 314 g/mol. The molecule has 2 rings (SSSR count). The van der Waals surface area contributed by atoms with Crippen LogP contribution in [-0.4, -0.2) is 44.2 Å². The van der Waals surface area contributed by atoms with E-state index in [0.29, 0.717) is 19.6 Å². The van der Waals surface area contributed by atoms with Crippen molar-refractivity contribution in [3.63, 3.8) is 0 Å². The molecule has 1 aliphatic carbocycles. The van der Waals surface area contributed by atoms with Crippen molar-refractivity contribution in [2.24, 2.45) is 11.3 Å². The third-order valence-electron chi connectivity index (χ3n) is 4.70. The van der Waals surface area contributed by atoms with Crippen LogP contribution in [0.1, 0.15) is 46.5 Å². The first kappa shape index (κ1) is 17.2. The predicted octanol–water partition coefficient (Wildman–Crippen LogP) is 2.05. The Morgan fingerprint density at radius 2 is 1.68 bits per heavy atom. The Labute approximate surface area is 131 Å². The molecule has 1 unspecified atom stereocenters. The van der Waals surface area contributed by atoms with Gasteiger partial charge >= 0.3 is 11.9 Å². The van der Waals surface area contributed by atoms with E-state index in [2.05, 4.69) is 0 Å². The zero-order valence-corrected chi connectivity index (χ0v) is 13.7. The summed E-state index contributed by atoms with van der Waals surface area (Å²) >= 11 is 0. The fourth-order valence-electron chi connectivity index (χ4n) is 3.43. The molecule has 1 atom stereocenters. The summed E-state index contributed by atoms with van der Waals surface area (Å²) in [6.07, 6.45) is 2.91. The Morgan fingerprint density at radius 3 is 2.18 bits per heavy atom. The number of esters is 2. The highest BCUT2D eigenvalue weighted by molar-refractivity contribution is 6.00. The van der Waals surface area contributed by atoms with Crippen molar-refractivity contribution < 1.29 is 28.5 Å². The summed E-state index contributed by atoms with van der Waals surface area (Å²) in [5, 5.41) is 0. The molecule has 0 N–H and O–H groups in total. The van der Waals surface area contributed by atoms with Crippen molar-refractivity contribution >= 4 is 11.9 Å². The van der Waals surface area contributed by atoms with Crippen molar-refractivity contribution in [2.75, 3.05) is 26.4 Å². The smallest absolute Gasteiger partial charge is 0.323 e. The molecule has 1 spiro atoms. The van der Waals surface area contributed by atoms with E-state index in [1.54, 1.807) is 20.8 Å². The largest absolute Gasteiger partial charge is 0.465 e. The lowest BCUT2D eigenvalue weighted by Gasteiger charge is -2.42. The third-order valence-corrected chi connectivity index (χ3v) is 4.70. The van der Waals surface area contributed by atoms with Crippen LogP contribution in [0.4, 0.5) is 0 Å². The van der Waals surface area contributed by atoms with Crippen LogP contribution in [0.3, 0.4) is 0 Å². The van der Waals surface area contributed by atoms with Crippen molar-refractivity contribution in [2.45, 2.75) is 52.2 Å². The molecule has 126 valence electrons. The van der Waals surface area contributed by atoms with E-state index in [-0.39, 0.29) is 19.1 Å². The van der Waals surface area contributed by atoms with E-state index < -0.39 is 23.1 Å². The number of hydrogen-bond donors (Lipinski definition) is 0. The van der Waals surface area contributed by atoms with Gasteiger partial charge in [-0.3, -0.25) is 9.59 Å². The fourth-order valence-corrected chi connectivity index (χ4v) is 3.43. The molecule has 22 heavy (non-hydrogen) atoms. The molecule has 1 saturated heterocycles. The van der Waals surface area contributed by atoms with Gasteiger partial charge in [-0.1, -0.05) is 0 Å². The maximum Gasteiger partial charge on any atom is 0.323 e. The Kier molecular flexibility index (Phi) is 5.45. The Balaban J connectivity index is 2.23. The van der Waals surface area contributed by atoms with Crippen molar-refractivity contribution in [3.8, 4) is 0 Å². The zero-order valence-electron chi connectivity index (χ0n) is 13.7. The second-order valence-corrected chi connectivity index (χ2v) is 6.04. The van der Waals surface area contributed by atoms with Gasteiger partial charge in [0.25, 0.3) is 0 Å². The van der Waals surface area contributed by atoms with Gasteiger partial charge in [0.1, 0.15) is 0 Å². The molecule has 0 amide bonds. The van der Waals surface area contributed by atoms with Crippen LogP contribution >= 0.6 is 0 Å². The third kappa shape index (κ3) is 3.13. The van der Waals surface area contributed by atoms with Gasteiger partial charge in [0.2, 0.25) is 0 Å². The van der Waals surface area contributed by atoms with E-state index >= 15 is 0 Å². The van der Waals surface area contributed by atoms with E-state index in [0.717, 1.165) is 19.3 Å². The molecule has 0 aromatic heterocycles. The van der Waals surface area contributed by atoms with Gasteiger partial charge < -0.3 is 18.9 Å². The lowest BCUT2D eigenvalue weighted by atomic mass is 9.68. The molecule has 6 heteroatoms. The molecule has 1 saturated carbocycles. The van der Waals surface area contributed by atoms with Gasteiger partial charge in [0, 0.05) is 12.8 Å². The first-order valence-corrected chi connectivity index (χ1v) is 8.11. The minimum atomic E-state index is -1.31. The highest BCUT2D eigenvalue weighted by Crippen LogP contribution is 2.47. The van der Waals surface area contributed by atoms with E-state index in [1.165, 1.54) is 0 Å². The standard InChI is InChI=1S/C16H26O6/c1-4-19-13(17)15(3,14(18)20-5-2)12-7-6-8-16(11-12)21-9-10-22-16/h12H,4-11H2,1-3H3. The lowest BCUT2D eigenvalue weighted by molar-refractivity contribution is -0.205. The number of ether oxygens (including phenoxy) is 4. The van der Waals surface area contributed by atoms with E-state index in [9.17, 15) is 9.59 Å². The fraction of sp³-hybridized carbons (Fsp3) is 0.875. The summed E-state index contributed by atoms with van der Waals surface area (Å²) in [6.45, 7) is 6.67. The second kappa shape index (κ2) is 6.96. The van der Waals surface area contributed by atoms with Crippen LogP contribution in [-0.2, 0) is 28.5 Å². The lowest BCUT2D eigenvalue weighted by Crippen LogP contribution is -2.50. The minimum Gasteiger partial charge on any atom is -0.465 e. The van der Waals surface area contributed by atoms with Crippen LogP contribution in [0, 0.1) is 11.3 Å². The van der Waals surface area contributed by atoms with Crippen LogP contribution in [0.25, 0.3) is 0 Å². The summed E-state index contributed by atoms with van der Waals surface area (Å²) in [4.78, 5) is 25.0. The molecule has 0 bridgehead atoms. The first-order valence-electron chi connectivity index (χ1n) is 8.11. The zero-order chi connectivity index (χ0) is 16.2. The SMILES string of the molecule is CCOC(=O)C(C)(C(=O)OCC)C1CCCC2(C1)OCCO2. The molecule has 1 aliphatic heterocycles. The second-order valence-electron chi connectivity index (χ2n) is 6.04. The van der Waals surface area contributed by atoms with Crippen LogP contribution in [0.2, 0.25) is 0 Å². The van der Waals surface area contributed by atoms with Crippen molar-refractivity contribution in [3.05, 3.63) is 0 Å². The molecule has 0 aromatic carbocycles. The average Bonchev–Trinajstić information content (AvgIpc) is 2.94. The average molecular weight is 314 g/mol. The molecule has 2 fully saturated rings. The molecule has 0 aromatic rings. The van der Waals surface area contributed by atoms with Crippen molar-refractivity contribution in [1.82, 2.24) is 0 Å². The molecule has 0 radical (unpaired) electrons. The normalized spacial score (nSPS) is 24.2.